The Balaban J connectivity index is 1.98. The van der Waals surface area contributed by atoms with Gasteiger partial charge in [-0.2, -0.15) is 0 Å². The van der Waals surface area contributed by atoms with Crippen molar-refractivity contribution in [1.82, 2.24) is 5.32 Å². The zero-order chi connectivity index (χ0) is 16.8. The summed E-state index contributed by atoms with van der Waals surface area (Å²) in [5.41, 5.74) is 3.76. The van der Waals surface area contributed by atoms with Crippen molar-refractivity contribution in [2.75, 3.05) is 5.32 Å². The molecule has 0 saturated carbocycles. The third-order valence-corrected chi connectivity index (χ3v) is 3.74. The van der Waals surface area contributed by atoms with Crippen LogP contribution in [0.2, 0.25) is 0 Å². The second kappa shape index (κ2) is 7.58. The van der Waals surface area contributed by atoms with Crippen LogP contribution < -0.4 is 10.6 Å². The van der Waals surface area contributed by atoms with Crippen molar-refractivity contribution < 1.29 is 9.59 Å². The number of rotatable bonds is 4. The molecule has 0 aliphatic carbocycles. The molecule has 2 aromatic carbocycles. The summed E-state index contributed by atoms with van der Waals surface area (Å²) in [6, 6.07) is 15.3. The lowest BCUT2D eigenvalue weighted by molar-refractivity contribution is -0.136. The van der Waals surface area contributed by atoms with Crippen molar-refractivity contribution in [2.45, 2.75) is 33.2 Å². The van der Waals surface area contributed by atoms with Crippen molar-refractivity contribution in [1.29, 1.82) is 0 Å². The van der Waals surface area contributed by atoms with Gasteiger partial charge in [0.2, 0.25) is 0 Å². The SMILES string of the molecule is Cc1ccccc1CNC(=O)C(=O)Nc1ccccc1C(C)C. The maximum absolute atomic E-state index is 12.1. The largest absolute Gasteiger partial charge is 0.344 e. The molecule has 0 aromatic heterocycles. The average Bonchev–Trinajstić information content (AvgIpc) is 2.54. The summed E-state index contributed by atoms with van der Waals surface area (Å²) in [7, 11) is 0. The minimum atomic E-state index is -0.647. The minimum Gasteiger partial charge on any atom is -0.344 e. The molecule has 2 N–H and O–H groups in total. The van der Waals surface area contributed by atoms with Crippen LogP contribution in [0.15, 0.2) is 48.5 Å². The summed E-state index contributed by atoms with van der Waals surface area (Å²) < 4.78 is 0. The molecule has 2 rings (SSSR count). The van der Waals surface area contributed by atoms with E-state index in [1.54, 1.807) is 0 Å². The van der Waals surface area contributed by atoms with Crippen LogP contribution >= 0.6 is 0 Å². The highest BCUT2D eigenvalue weighted by molar-refractivity contribution is 6.39. The molecule has 0 aliphatic rings. The van der Waals surface area contributed by atoms with Gasteiger partial charge in [-0.05, 0) is 35.6 Å². The Morgan fingerprint density at radius 3 is 2.30 bits per heavy atom. The number of carbonyl (C=O) groups is 2. The first kappa shape index (κ1) is 16.7. The Morgan fingerprint density at radius 2 is 1.61 bits per heavy atom. The smallest absolute Gasteiger partial charge is 0.313 e. The van der Waals surface area contributed by atoms with E-state index in [0.717, 1.165) is 16.7 Å². The van der Waals surface area contributed by atoms with Crippen molar-refractivity contribution in [3.63, 3.8) is 0 Å². The maximum atomic E-state index is 12.1. The van der Waals surface area contributed by atoms with E-state index in [9.17, 15) is 9.59 Å². The highest BCUT2D eigenvalue weighted by atomic mass is 16.2. The van der Waals surface area contributed by atoms with Gasteiger partial charge in [0, 0.05) is 12.2 Å². The predicted octanol–water partition coefficient (Wildman–Crippen LogP) is 3.37. The molecule has 4 nitrogen and oxygen atoms in total. The summed E-state index contributed by atoms with van der Waals surface area (Å²) >= 11 is 0. The van der Waals surface area contributed by atoms with Crippen LogP contribution in [0.3, 0.4) is 0 Å². The van der Waals surface area contributed by atoms with Gasteiger partial charge < -0.3 is 10.6 Å². The summed E-state index contributed by atoms with van der Waals surface area (Å²) in [4.78, 5) is 24.1. The molecular formula is C19H22N2O2. The second-order valence-electron chi connectivity index (χ2n) is 5.81. The Hall–Kier alpha value is -2.62. The van der Waals surface area contributed by atoms with Crippen LogP contribution in [0, 0.1) is 6.92 Å². The van der Waals surface area contributed by atoms with Gasteiger partial charge in [0.15, 0.2) is 0 Å². The molecular weight excluding hydrogens is 288 g/mol. The summed E-state index contributed by atoms with van der Waals surface area (Å²) in [6.45, 7) is 6.40. The molecule has 0 aliphatic heterocycles. The third kappa shape index (κ3) is 4.42. The number of nitrogens with one attached hydrogen (secondary N) is 2. The first-order valence-electron chi connectivity index (χ1n) is 7.71. The lowest BCUT2D eigenvalue weighted by Gasteiger charge is -2.13. The van der Waals surface area contributed by atoms with Crippen LogP contribution in [0.4, 0.5) is 5.69 Å². The number of benzene rings is 2. The monoisotopic (exact) mass is 310 g/mol. The molecule has 0 saturated heterocycles. The number of amides is 2. The van der Waals surface area contributed by atoms with Gasteiger partial charge in [-0.15, -0.1) is 0 Å². The second-order valence-corrected chi connectivity index (χ2v) is 5.81. The van der Waals surface area contributed by atoms with E-state index in [0.29, 0.717) is 12.2 Å². The van der Waals surface area contributed by atoms with Crippen LogP contribution in [0.1, 0.15) is 36.5 Å². The lowest BCUT2D eigenvalue weighted by Crippen LogP contribution is -2.35. The fourth-order valence-corrected chi connectivity index (χ4v) is 2.36. The number of aryl methyl sites for hydroxylation is 1. The van der Waals surface area contributed by atoms with Crippen molar-refractivity contribution in [2.24, 2.45) is 0 Å². The molecule has 0 fully saturated rings. The number of carbonyl (C=O) groups excluding carboxylic acids is 2. The van der Waals surface area contributed by atoms with Gasteiger partial charge in [0.05, 0.1) is 0 Å². The number of hydrogen-bond donors (Lipinski definition) is 2. The molecule has 4 heteroatoms. The van der Waals surface area contributed by atoms with Crippen LogP contribution in [-0.2, 0) is 16.1 Å². The van der Waals surface area contributed by atoms with E-state index in [4.69, 9.17) is 0 Å². The topological polar surface area (TPSA) is 58.2 Å². The van der Waals surface area contributed by atoms with Gasteiger partial charge in [-0.3, -0.25) is 9.59 Å². The normalized spacial score (nSPS) is 10.4. The fourth-order valence-electron chi connectivity index (χ4n) is 2.36. The molecule has 0 unspecified atom stereocenters. The van der Waals surface area contributed by atoms with Crippen molar-refractivity contribution in [3.05, 3.63) is 65.2 Å². The van der Waals surface area contributed by atoms with Crippen molar-refractivity contribution in [3.8, 4) is 0 Å². The van der Waals surface area contributed by atoms with Crippen LogP contribution in [0.25, 0.3) is 0 Å². The van der Waals surface area contributed by atoms with E-state index in [-0.39, 0.29) is 5.92 Å². The van der Waals surface area contributed by atoms with Gasteiger partial charge in [-0.1, -0.05) is 56.3 Å². The summed E-state index contributed by atoms with van der Waals surface area (Å²) in [6.07, 6.45) is 0. The molecule has 23 heavy (non-hydrogen) atoms. The zero-order valence-electron chi connectivity index (χ0n) is 13.7. The Bertz CT molecular complexity index is 708. The Morgan fingerprint density at radius 1 is 0.957 bits per heavy atom. The molecule has 120 valence electrons. The molecule has 0 atom stereocenters. The molecule has 0 spiro atoms. The molecule has 2 aromatic rings. The van der Waals surface area contributed by atoms with Gasteiger partial charge in [-0.25, -0.2) is 0 Å². The van der Waals surface area contributed by atoms with E-state index < -0.39 is 11.8 Å². The predicted molar refractivity (Wildman–Crippen MR) is 92.2 cm³/mol. The van der Waals surface area contributed by atoms with Gasteiger partial charge in [0.1, 0.15) is 0 Å². The van der Waals surface area contributed by atoms with Crippen LogP contribution in [0.5, 0.6) is 0 Å². The third-order valence-electron chi connectivity index (χ3n) is 3.74. The molecule has 0 bridgehead atoms. The van der Waals surface area contributed by atoms with E-state index >= 15 is 0 Å². The minimum absolute atomic E-state index is 0.265. The highest BCUT2D eigenvalue weighted by Gasteiger charge is 2.16. The van der Waals surface area contributed by atoms with Gasteiger partial charge >= 0.3 is 11.8 Å². The molecule has 0 radical (unpaired) electrons. The zero-order valence-corrected chi connectivity index (χ0v) is 13.7. The lowest BCUT2D eigenvalue weighted by atomic mass is 10.0. The average molecular weight is 310 g/mol. The van der Waals surface area contributed by atoms with E-state index in [1.807, 2.05) is 69.3 Å². The van der Waals surface area contributed by atoms with Crippen molar-refractivity contribution >= 4 is 17.5 Å². The number of anilines is 1. The summed E-state index contributed by atoms with van der Waals surface area (Å²) in [5.74, 6) is -1.01. The number of hydrogen-bond acceptors (Lipinski definition) is 2. The fraction of sp³-hybridized carbons (Fsp3) is 0.263. The van der Waals surface area contributed by atoms with Gasteiger partial charge in [0.25, 0.3) is 0 Å². The quantitative estimate of drug-likeness (QED) is 0.851. The van der Waals surface area contributed by atoms with E-state index in [2.05, 4.69) is 10.6 Å². The maximum Gasteiger partial charge on any atom is 0.313 e. The van der Waals surface area contributed by atoms with E-state index in [1.165, 1.54) is 0 Å². The number of para-hydroxylation sites is 1. The Labute approximate surface area is 136 Å². The molecule has 2 amide bonds. The summed E-state index contributed by atoms with van der Waals surface area (Å²) in [5, 5.41) is 5.35. The Kier molecular flexibility index (Phi) is 5.52. The van der Waals surface area contributed by atoms with Crippen LogP contribution in [-0.4, -0.2) is 11.8 Å². The first-order valence-corrected chi connectivity index (χ1v) is 7.71. The molecule has 0 heterocycles. The standard InChI is InChI=1S/C19H22N2O2/c1-13(2)16-10-6-7-11-17(16)21-19(23)18(22)20-12-15-9-5-4-8-14(15)3/h4-11,13H,12H2,1-3H3,(H,20,22)(H,21,23). The first-order chi connectivity index (χ1) is 11.0. The highest BCUT2D eigenvalue weighted by Crippen LogP contribution is 2.23.